The van der Waals surface area contributed by atoms with Gasteiger partial charge >= 0.3 is 11.9 Å². The molecule has 2 amide bonds. The third kappa shape index (κ3) is 5.94. The predicted octanol–water partition coefficient (Wildman–Crippen LogP) is 3.48. The van der Waals surface area contributed by atoms with Gasteiger partial charge in [0.25, 0.3) is 11.8 Å². The van der Waals surface area contributed by atoms with Gasteiger partial charge in [0, 0.05) is 37.3 Å². The lowest BCUT2D eigenvalue weighted by atomic mass is 9.65. The molecule has 2 heterocycles. The van der Waals surface area contributed by atoms with E-state index in [1.807, 2.05) is 9.80 Å². The van der Waals surface area contributed by atoms with Crippen molar-refractivity contribution >= 4 is 23.8 Å². The number of hydrogen-bond donors (Lipinski definition) is 0. The van der Waals surface area contributed by atoms with Crippen LogP contribution in [0.4, 0.5) is 0 Å². The maximum atomic E-state index is 12.7. The second-order valence-corrected chi connectivity index (χ2v) is 14.0. The summed E-state index contributed by atoms with van der Waals surface area (Å²) < 4.78 is 10.2. The third-order valence-electron chi connectivity index (χ3n) is 8.50. The highest BCUT2D eigenvalue weighted by molar-refractivity contribution is 5.93. The molecule has 2 aliphatic heterocycles. The van der Waals surface area contributed by atoms with E-state index in [9.17, 15) is 19.2 Å². The van der Waals surface area contributed by atoms with E-state index in [2.05, 4.69) is 41.5 Å². The van der Waals surface area contributed by atoms with Crippen LogP contribution in [0.25, 0.3) is 0 Å². The topological polar surface area (TPSA) is 93.2 Å². The molecule has 36 heavy (non-hydrogen) atoms. The molecule has 0 aromatic heterocycles. The summed E-state index contributed by atoms with van der Waals surface area (Å²) >= 11 is 0. The third-order valence-corrected chi connectivity index (χ3v) is 8.50. The maximum Gasteiger partial charge on any atom is 0.331 e. The minimum atomic E-state index is -0.788. The van der Waals surface area contributed by atoms with Crippen LogP contribution in [0.1, 0.15) is 80.1 Å². The van der Waals surface area contributed by atoms with Gasteiger partial charge in [-0.05, 0) is 60.2 Å². The van der Waals surface area contributed by atoms with Crippen LogP contribution in [-0.2, 0) is 28.7 Å². The fraction of sp³-hybridized carbons (Fsp3) is 0.786. The molecule has 8 nitrogen and oxygen atoms in total. The lowest BCUT2D eigenvalue weighted by Crippen LogP contribution is -2.39. The molecular formula is C28H42N2O6. The van der Waals surface area contributed by atoms with Gasteiger partial charge in [-0.2, -0.15) is 0 Å². The molecule has 0 radical (unpaired) electrons. The van der Waals surface area contributed by atoms with Crippen molar-refractivity contribution in [3.8, 4) is 0 Å². The Labute approximate surface area is 214 Å². The first-order valence-electron chi connectivity index (χ1n) is 13.2. The van der Waals surface area contributed by atoms with E-state index in [0.29, 0.717) is 13.1 Å². The summed E-state index contributed by atoms with van der Waals surface area (Å²) in [5, 5.41) is 0. The molecule has 2 aliphatic carbocycles. The van der Waals surface area contributed by atoms with Gasteiger partial charge in [-0.1, -0.05) is 41.5 Å². The van der Waals surface area contributed by atoms with Crippen LogP contribution in [0.2, 0.25) is 0 Å². The van der Waals surface area contributed by atoms with Crippen LogP contribution in [-0.4, -0.2) is 71.9 Å². The number of ether oxygens (including phenoxy) is 2. The zero-order valence-corrected chi connectivity index (χ0v) is 22.7. The zero-order valence-electron chi connectivity index (χ0n) is 22.7. The second kappa shape index (κ2) is 9.18. The van der Waals surface area contributed by atoms with Gasteiger partial charge in [0.1, 0.15) is 0 Å². The Kier molecular flexibility index (Phi) is 6.80. The average Bonchev–Trinajstić information content (AvgIpc) is 3.14. The van der Waals surface area contributed by atoms with Gasteiger partial charge in [0.15, 0.2) is 13.2 Å². The highest BCUT2D eigenvalue weighted by atomic mass is 16.5. The quantitative estimate of drug-likeness (QED) is 0.408. The monoisotopic (exact) mass is 502 g/mol. The Morgan fingerprint density at radius 2 is 1.03 bits per heavy atom. The number of esters is 2. The number of carbonyl (C=O) groups excluding carboxylic acids is 4. The van der Waals surface area contributed by atoms with E-state index in [1.165, 1.54) is 0 Å². The van der Waals surface area contributed by atoms with E-state index in [1.54, 1.807) is 0 Å². The van der Waals surface area contributed by atoms with E-state index in [4.69, 9.17) is 9.47 Å². The van der Waals surface area contributed by atoms with Crippen molar-refractivity contribution in [2.45, 2.75) is 92.2 Å². The lowest BCUT2D eigenvalue weighted by Gasteiger charge is -2.39. The zero-order chi connectivity index (χ0) is 26.5. The highest BCUT2D eigenvalue weighted by Crippen LogP contribution is 2.53. The first kappa shape index (κ1) is 26.7. The summed E-state index contributed by atoms with van der Waals surface area (Å²) in [5.74, 6) is -1.99. The van der Waals surface area contributed by atoms with Gasteiger partial charge in [-0.25, -0.2) is 9.59 Å². The van der Waals surface area contributed by atoms with E-state index < -0.39 is 11.9 Å². The minimum absolute atomic E-state index is 0.106. The first-order chi connectivity index (χ1) is 16.6. The molecule has 0 N–H and O–H groups in total. The average molecular weight is 503 g/mol. The van der Waals surface area contributed by atoms with Crippen molar-refractivity contribution in [1.82, 2.24) is 9.80 Å². The normalized spacial score (nSPS) is 34.1. The first-order valence-corrected chi connectivity index (χ1v) is 13.2. The number of carbonyl (C=O) groups is 4. The fourth-order valence-electron chi connectivity index (χ4n) is 8.17. The molecule has 0 aromatic carbocycles. The number of hydrogen-bond acceptors (Lipinski definition) is 6. The molecular weight excluding hydrogens is 460 g/mol. The minimum Gasteiger partial charge on any atom is -0.452 e. The molecule has 0 unspecified atom stereocenters. The summed E-state index contributed by atoms with van der Waals surface area (Å²) in [7, 11) is 0. The number of nitrogens with zero attached hydrogens (tertiary/aromatic N) is 2. The van der Waals surface area contributed by atoms with E-state index >= 15 is 0 Å². The van der Waals surface area contributed by atoms with Gasteiger partial charge < -0.3 is 19.3 Å². The van der Waals surface area contributed by atoms with Crippen LogP contribution in [0, 0.1) is 21.7 Å². The SMILES string of the molecule is CC1(C)C[C@@H]2C[C@](C)(CN2C(=O)COC(=O)/C=C/C(=O)OCC(=O)N2C[C@@]3(C)C[C@@H]2CC(C)(C)C3)C1. The molecule has 4 rings (SSSR count). The lowest BCUT2D eigenvalue weighted by molar-refractivity contribution is -0.150. The smallest absolute Gasteiger partial charge is 0.331 e. The number of rotatable bonds is 6. The molecule has 4 bridgehead atoms. The molecule has 4 atom stereocenters. The predicted molar refractivity (Wildman–Crippen MR) is 134 cm³/mol. The van der Waals surface area contributed by atoms with Crippen LogP contribution < -0.4 is 0 Å². The van der Waals surface area contributed by atoms with E-state index in [-0.39, 0.29) is 58.8 Å². The Bertz CT molecular complexity index is 895. The standard InChI is InChI=1S/C28H42N2O6/c1-25(2)9-19-11-27(5,15-25)17-29(19)21(31)13-35-23(33)7-8-24(34)36-14-22(32)30-18-28(6)12-20(30)10-26(3,4)16-28/h7-8,19-20H,9-18H2,1-6H3/b8-7+/t19-,20+,27-,28-/m0/s1. The molecule has 0 aromatic rings. The second-order valence-electron chi connectivity index (χ2n) is 14.0. The molecule has 2 saturated carbocycles. The van der Waals surface area contributed by atoms with Crippen LogP contribution in [0.5, 0.6) is 0 Å². The van der Waals surface area contributed by atoms with Crippen LogP contribution in [0.3, 0.4) is 0 Å². The maximum absolute atomic E-state index is 12.7. The van der Waals surface area contributed by atoms with Gasteiger partial charge in [-0.3, -0.25) is 9.59 Å². The summed E-state index contributed by atoms with van der Waals surface area (Å²) in [6.07, 6.45) is 7.89. The summed E-state index contributed by atoms with van der Waals surface area (Å²) in [5.41, 5.74) is 0.593. The van der Waals surface area contributed by atoms with Gasteiger partial charge in [0.05, 0.1) is 0 Å². The van der Waals surface area contributed by atoms with E-state index in [0.717, 1.165) is 50.7 Å². The Hall–Kier alpha value is -2.38. The molecule has 4 aliphatic rings. The van der Waals surface area contributed by atoms with Crippen LogP contribution >= 0.6 is 0 Å². The van der Waals surface area contributed by atoms with Gasteiger partial charge in [-0.15, -0.1) is 0 Å². The molecule has 8 heteroatoms. The van der Waals surface area contributed by atoms with Crippen molar-refractivity contribution in [2.24, 2.45) is 21.7 Å². The Morgan fingerprint density at radius 3 is 1.39 bits per heavy atom. The van der Waals surface area contributed by atoms with Crippen LogP contribution in [0.15, 0.2) is 12.2 Å². The van der Waals surface area contributed by atoms with Crippen molar-refractivity contribution in [3.63, 3.8) is 0 Å². The highest BCUT2D eigenvalue weighted by Gasteiger charge is 2.52. The number of amides is 2. The Balaban J connectivity index is 1.19. The molecule has 2 saturated heterocycles. The summed E-state index contributed by atoms with van der Waals surface area (Å²) in [6, 6.07) is 0.355. The number of fused-ring (bicyclic) bond motifs is 4. The molecule has 4 fully saturated rings. The largest absolute Gasteiger partial charge is 0.452 e. The van der Waals surface area contributed by atoms with Crippen molar-refractivity contribution in [2.75, 3.05) is 26.3 Å². The molecule has 0 spiro atoms. The summed E-state index contributed by atoms with van der Waals surface area (Å²) in [4.78, 5) is 53.3. The van der Waals surface area contributed by atoms with Crippen molar-refractivity contribution < 1.29 is 28.7 Å². The van der Waals surface area contributed by atoms with Crippen molar-refractivity contribution in [1.29, 1.82) is 0 Å². The summed E-state index contributed by atoms with van der Waals surface area (Å²) in [6.45, 7) is 14.0. The van der Waals surface area contributed by atoms with Crippen molar-refractivity contribution in [3.05, 3.63) is 12.2 Å². The number of likely N-dealkylation sites (tertiary alicyclic amines) is 2. The Morgan fingerprint density at radius 1 is 0.667 bits per heavy atom. The molecule has 200 valence electrons. The van der Waals surface area contributed by atoms with Gasteiger partial charge in [0.2, 0.25) is 0 Å². The fourth-order valence-corrected chi connectivity index (χ4v) is 8.17.